The summed E-state index contributed by atoms with van der Waals surface area (Å²) in [6.07, 6.45) is 2.83. The molecule has 0 fully saturated rings. The minimum atomic E-state index is 0.00266. The van der Waals surface area contributed by atoms with Gasteiger partial charge in [0.05, 0.1) is 0 Å². The second-order valence-corrected chi connectivity index (χ2v) is 4.86. The van der Waals surface area contributed by atoms with Crippen molar-refractivity contribution in [2.75, 3.05) is 18.5 Å². The molecule has 0 amide bonds. The predicted octanol–water partition coefficient (Wildman–Crippen LogP) is 2.78. The number of anilines is 1. The van der Waals surface area contributed by atoms with E-state index < -0.39 is 0 Å². The number of hydrogen-bond donors (Lipinski definition) is 1. The molecule has 19 heavy (non-hydrogen) atoms. The van der Waals surface area contributed by atoms with Crippen molar-refractivity contribution < 1.29 is 0 Å². The molecule has 1 atom stereocenters. The van der Waals surface area contributed by atoms with Crippen LogP contribution >= 0.6 is 0 Å². The minimum absolute atomic E-state index is 0.00266. The molecule has 1 aromatic heterocycles. The quantitative estimate of drug-likeness (QED) is 0.893. The van der Waals surface area contributed by atoms with E-state index >= 15 is 0 Å². The van der Waals surface area contributed by atoms with E-state index in [9.17, 15) is 0 Å². The smallest absolute Gasteiger partial charge is 0.133 e. The molecule has 0 unspecified atom stereocenters. The molecule has 0 aliphatic carbocycles. The van der Waals surface area contributed by atoms with Crippen LogP contribution in [0.5, 0.6) is 0 Å². The molecule has 1 aromatic carbocycles. The Kier molecular flexibility index (Phi) is 4.53. The van der Waals surface area contributed by atoms with Gasteiger partial charge < -0.3 is 10.6 Å². The van der Waals surface area contributed by atoms with Crippen molar-refractivity contribution in [3.8, 4) is 0 Å². The fraction of sp³-hybridized carbons (Fsp3) is 0.312. The average molecular weight is 255 g/mol. The van der Waals surface area contributed by atoms with Gasteiger partial charge in [-0.3, -0.25) is 0 Å². The van der Waals surface area contributed by atoms with Gasteiger partial charge in [0, 0.05) is 31.4 Å². The first kappa shape index (κ1) is 13.6. The van der Waals surface area contributed by atoms with E-state index in [0.717, 1.165) is 24.3 Å². The molecule has 0 aliphatic heterocycles. The van der Waals surface area contributed by atoms with E-state index in [2.05, 4.69) is 41.2 Å². The highest BCUT2D eigenvalue weighted by Crippen LogP contribution is 2.21. The Balaban J connectivity index is 2.06. The van der Waals surface area contributed by atoms with Gasteiger partial charge in [-0.25, -0.2) is 4.98 Å². The lowest BCUT2D eigenvalue weighted by Crippen LogP contribution is -2.24. The molecule has 2 aromatic rings. The minimum Gasteiger partial charge on any atom is -0.359 e. The molecule has 2 N–H and O–H groups in total. The summed E-state index contributed by atoms with van der Waals surface area (Å²) in [5.74, 6) is 0.980. The monoisotopic (exact) mass is 255 g/mol. The summed E-state index contributed by atoms with van der Waals surface area (Å²) in [5.41, 5.74) is 8.43. The summed E-state index contributed by atoms with van der Waals surface area (Å²) < 4.78 is 0. The third kappa shape index (κ3) is 3.55. The first-order valence-electron chi connectivity index (χ1n) is 6.64. The van der Waals surface area contributed by atoms with Crippen LogP contribution in [0.25, 0.3) is 0 Å². The lowest BCUT2D eigenvalue weighted by atomic mass is 10.1. The zero-order chi connectivity index (χ0) is 13.7. The molecule has 0 radical (unpaired) electrons. The number of likely N-dealkylation sites (N-methyl/N-ethyl adjacent to an activating group) is 1. The Morgan fingerprint density at radius 3 is 2.58 bits per heavy atom. The lowest BCUT2D eigenvalue weighted by Gasteiger charge is -2.22. The van der Waals surface area contributed by atoms with E-state index in [0.29, 0.717) is 0 Å². The summed E-state index contributed by atoms with van der Waals surface area (Å²) in [4.78, 5) is 6.63. The zero-order valence-electron chi connectivity index (χ0n) is 11.6. The molecule has 3 heteroatoms. The summed E-state index contributed by atoms with van der Waals surface area (Å²) in [6.45, 7) is 2.92. The summed E-state index contributed by atoms with van der Waals surface area (Å²) in [7, 11) is 2.07. The van der Waals surface area contributed by atoms with Crippen LogP contribution in [0.15, 0.2) is 48.7 Å². The number of rotatable bonds is 5. The zero-order valence-corrected chi connectivity index (χ0v) is 11.6. The fourth-order valence-corrected chi connectivity index (χ4v) is 2.13. The topological polar surface area (TPSA) is 42.1 Å². The van der Waals surface area contributed by atoms with Crippen LogP contribution in [0.4, 0.5) is 5.82 Å². The summed E-state index contributed by atoms with van der Waals surface area (Å²) >= 11 is 0. The van der Waals surface area contributed by atoms with Crippen LogP contribution in [0.3, 0.4) is 0 Å². The number of hydrogen-bond acceptors (Lipinski definition) is 3. The molecule has 0 saturated carbocycles. The second-order valence-electron chi connectivity index (χ2n) is 4.86. The average Bonchev–Trinajstić information content (AvgIpc) is 2.46. The molecule has 0 saturated heterocycles. The highest BCUT2D eigenvalue weighted by atomic mass is 15.2. The number of aromatic nitrogens is 1. The van der Waals surface area contributed by atoms with Crippen molar-refractivity contribution in [3.63, 3.8) is 0 Å². The Morgan fingerprint density at radius 2 is 1.89 bits per heavy atom. The van der Waals surface area contributed by atoms with Crippen molar-refractivity contribution in [1.29, 1.82) is 0 Å². The molecule has 2 rings (SSSR count). The molecular weight excluding hydrogens is 234 g/mol. The van der Waals surface area contributed by atoms with Gasteiger partial charge in [-0.15, -0.1) is 0 Å². The molecule has 0 bridgehead atoms. The molecule has 0 spiro atoms. The van der Waals surface area contributed by atoms with E-state index in [-0.39, 0.29) is 6.04 Å². The Labute approximate surface area is 115 Å². The van der Waals surface area contributed by atoms with Crippen LogP contribution in [-0.2, 0) is 6.42 Å². The van der Waals surface area contributed by atoms with E-state index in [4.69, 9.17) is 5.73 Å². The van der Waals surface area contributed by atoms with Crippen LogP contribution in [-0.4, -0.2) is 18.6 Å². The number of pyridine rings is 1. The van der Waals surface area contributed by atoms with Crippen LogP contribution in [0.2, 0.25) is 0 Å². The maximum absolute atomic E-state index is 5.99. The Hall–Kier alpha value is -1.87. The van der Waals surface area contributed by atoms with Gasteiger partial charge in [0.2, 0.25) is 0 Å². The normalized spacial score (nSPS) is 12.2. The number of nitrogens with zero attached hydrogens (tertiary/aromatic N) is 2. The standard InChI is InChI=1S/C16H21N3/c1-13(17)15-9-6-11-18-16(15)19(2)12-10-14-7-4-3-5-8-14/h3-9,11,13H,10,12,17H2,1-2H3/t13-/m0/s1. The Morgan fingerprint density at radius 1 is 1.16 bits per heavy atom. The maximum atomic E-state index is 5.99. The van der Waals surface area contributed by atoms with E-state index in [1.807, 2.05) is 31.3 Å². The van der Waals surface area contributed by atoms with Gasteiger partial charge >= 0.3 is 0 Å². The van der Waals surface area contributed by atoms with Gasteiger partial charge in [-0.2, -0.15) is 0 Å². The van der Waals surface area contributed by atoms with E-state index in [1.54, 1.807) is 0 Å². The van der Waals surface area contributed by atoms with Crippen LogP contribution in [0, 0.1) is 0 Å². The van der Waals surface area contributed by atoms with E-state index in [1.165, 1.54) is 5.56 Å². The van der Waals surface area contributed by atoms with Gasteiger partial charge in [-0.1, -0.05) is 36.4 Å². The summed E-state index contributed by atoms with van der Waals surface area (Å²) in [5, 5.41) is 0. The lowest BCUT2D eigenvalue weighted by molar-refractivity contribution is 0.784. The fourth-order valence-electron chi connectivity index (χ4n) is 2.13. The number of benzene rings is 1. The van der Waals surface area contributed by atoms with Crippen LogP contribution < -0.4 is 10.6 Å². The van der Waals surface area contributed by atoms with Crippen molar-refractivity contribution in [1.82, 2.24) is 4.98 Å². The van der Waals surface area contributed by atoms with Crippen molar-refractivity contribution >= 4 is 5.82 Å². The van der Waals surface area contributed by atoms with Gasteiger partial charge in [0.25, 0.3) is 0 Å². The largest absolute Gasteiger partial charge is 0.359 e. The molecule has 1 heterocycles. The van der Waals surface area contributed by atoms with Crippen molar-refractivity contribution in [2.24, 2.45) is 5.73 Å². The molecule has 0 aliphatic rings. The second kappa shape index (κ2) is 6.34. The first-order chi connectivity index (χ1) is 9.18. The first-order valence-corrected chi connectivity index (χ1v) is 6.64. The molecule has 3 nitrogen and oxygen atoms in total. The van der Waals surface area contributed by atoms with Gasteiger partial charge in [0.1, 0.15) is 5.82 Å². The maximum Gasteiger partial charge on any atom is 0.133 e. The molecule has 100 valence electrons. The summed E-state index contributed by atoms with van der Waals surface area (Å²) in [6, 6.07) is 14.5. The highest BCUT2D eigenvalue weighted by Gasteiger charge is 2.11. The molecular formula is C16H21N3. The Bertz CT molecular complexity index is 508. The van der Waals surface area contributed by atoms with Crippen molar-refractivity contribution in [3.05, 3.63) is 59.8 Å². The van der Waals surface area contributed by atoms with Gasteiger partial charge in [0.15, 0.2) is 0 Å². The van der Waals surface area contributed by atoms with Crippen molar-refractivity contribution in [2.45, 2.75) is 19.4 Å². The van der Waals surface area contributed by atoms with Gasteiger partial charge in [-0.05, 0) is 25.0 Å². The highest BCUT2D eigenvalue weighted by molar-refractivity contribution is 5.47. The van der Waals surface area contributed by atoms with Crippen LogP contribution in [0.1, 0.15) is 24.1 Å². The predicted molar refractivity (Wildman–Crippen MR) is 80.3 cm³/mol. The third-order valence-electron chi connectivity index (χ3n) is 3.25. The third-order valence-corrected chi connectivity index (χ3v) is 3.25. The number of nitrogens with two attached hydrogens (primary N) is 1. The SMILES string of the molecule is C[C@H](N)c1cccnc1N(C)CCc1ccccc1.